The topological polar surface area (TPSA) is 67.0 Å². The minimum atomic E-state index is -0.169. The molecule has 3 heterocycles. The Morgan fingerprint density at radius 1 is 1.00 bits per heavy atom. The molecule has 7 nitrogen and oxygen atoms in total. The van der Waals surface area contributed by atoms with Crippen molar-refractivity contribution < 1.29 is 19.0 Å². The number of aryl methyl sites for hydroxylation is 1. The average Bonchev–Trinajstić information content (AvgIpc) is 3.54. The summed E-state index contributed by atoms with van der Waals surface area (Å²) in [6, 6.07) is 13.4. The Morgan fingerprint density at radius 3 is 2.50 bits per heavy atom. The second-order valence-corrected chi connectivity index (χ2v) is 9.90. The first-order valence-corrected chi connectivity index (χ1v) is 13.0. The molecule has 1 unspecified atom stereocenters. The molecule has 1 aromatic heterocycles. The number of methoxy groups -OCH3 is 2. The molecule has 192 valence electrons. The molecule has 0 saturated carbocycles. The Labute approximate surface area is 213 Å². The van der Waals surface area contributed by atoms with E-state index >= 15 is 0 Å². The van der Waals surface area contributed by atoms with Gasteiger partial charge in [0.2, 0.25) is 0 Å². The van der Waals surface area contributed by atoms with Crippen LogP contribution in [0.4, 0.5) is 4.79 Å². The van der Waals surface area contributed by atoms with Crippen LogP contribution in [0.1, 0.15) is 43.2 Å². The van der Waals surface area contributed by atoms with Gasteiger partial charge in [0.1, 0.15) is 0 Å². The molecule has 2 fully saturated rings. The van der Waals surface area contributed by atoms with Crippen molar-refractivity contribution in [3.63, 3.8) is 0 Å². The Kier molecular flexibility index (Phi) is 7.10. The SMILES string of the molecule is CCOC(=O)N1CCC(N2CCC(c3ccc4[nH]c(-c5ccc(OC)c(OC)c5)c(C)c4c3)CC2)C1. The van der Waals surface area contributed by atoms with Crippen LogP contribution in [0.25, 0.3) is 22.2 Å². The van der Waals surface area contributed by atoms with Gasteiger partial charge >= 0.3 is 6.09 Å². The fourth-order valence-corrected chi connectivity index (χ4v) is 5.90. The maximum atomic E-state index is 12.1. The van der Waals surface area contributed by atoms with E-state index in [1.54, 1.807) is 14.2 Å². The van der Waals surface area contributed by atoms with Crippen molar-refractivity contribution >= 4 is 17.0 Å². The highest BCUT2D eigenvalue weighted by atomic mass is 16.6. The van der Waals surface area contributed by atoms with Crippen molar-refractivity contribution in [3.05, 3.63) is 47.5 Å². The van der Waals surface area contributed by atoms with Crippen molar-refractivity contribution in [2.75, 3.05) is 47.0 Å². The summed E-state index contributed by atoms with van der Waals surface area (Å²) in [5, 5.41) is 1.28. The third kappa shape index (κ3) is 4.64. The van der Waals surface area contributed by atoms with Gasteiger partial charge in [0.25, 0.3) is 0 Å². The van der Waals surface area contributed by atoms with Gasteiger partial charge in [0.05, 0.1) is 20.8 Å². The molecule has 2 aliphatic heterocycles. The van der Waals surface area contributed by atoms with E-state index < -0.39 is 0 Å². The summed E-state index contributed by atoms with van der Waals surface area (Å²) in [7, 11) is 3.32. The van der Waals surface area contributed by atoms with E-state index in [0.717, 1.165) is 73.7 Å². The number of nitrogens with zero attached hydrogens (tertiary/aromatic N) is 2. The van der Waals surface area contributed by atoms with E-state index in [1.807, 2.05) is 24.0 Å². The molecule has 2 saturated heterocycles. The Balaban J connectivity index is 1.28. The maximum Gasteiger partial charge on any atom is 0.409 e. The summed E-state index contributed by atoms with van der Waals surface area (Å²) in [6.45, 7) is 8.23. The molecule has 0 aliphatic carbocycles. The predicted octanol–water partition coefficient (Wildman–Crippen LogP) is 5.57. The largest absolute Gasteiger partial charge is 0.493 e. The number of H-pyrrole nitrogens is 1. The monoisotopic (exact) mass is 491 g/mol. The molecular formula is C29H37N3O4. The molecule has 1 atom stereocenters. The Morgan fingerprint density at radius 2 is 1.78 bits per heavy atom. The molecular weight excluding hydrogens is 454 g/mol. The van der Waals surface area contributed by atoms with E-state index in [2.05, 4.69) is 41.1 Å². The average molecular weight is 492 g/mol. The first-order valence-electron chi connectivity index (χ1n) is 13.0. The van der Waals surface area contributed by atoms with Crippen LogP contribution in [0.3, 0.4) is 0 Å². The summed E-state index contributed by atoms with van der Waals surface area (Å²) in [5.41, 5.74) is 6.03. The summed E-state index contributed by atoms with van der Waals surface area (Å²) in [5.74, 6) is 2.02. The van der Waals surface area contributed by atoms with Gasteiger partial charge in [-0.15, -0.1) is 0 Å². The zero-order valence-corrected chi connectivity index (χ0v) is 21.8. The zero-order valence-electron chi connectivity index (χ0n) is 21.8. The van der Waals surface area contributed by atoms with E-state index in [1.165, 1.54) is 16.5 Å². The van der Waals surface area contributed by atoms with Crippen LogP contribution < -0.4 is 9.47 Å². The van der Waals surface area contributed by atoms with E-state index in [-0.39, 0.29) is 6.09 Å². The molecule has 1 amide bonds. The Hall–Kier alpha value is -3.19. The number of benzene rings is 2. The van der Waals surface area contributed by atoms with Crippen molar-refractivity contribution in [2.45, 2.75) is 45.1 Å². The summed E-state index contributed by atoms with van der Waals surface area (Å²) >= 11 is 0. The van der Waals surface area contributed by atoms with Gasteiger partial charge in [-0.25, -0.2) is 4.79 Å². The quantitative estimate of drug-likeness (QED) is 0.488. The molecule has 1 N–H and O–H groups in total. The summed E-state index contributed by atoms with van der Waals surface area (Å²) in [6.07, 6.45) is 3.16. The summed E-state index contributed by atoms with van der Waals surface area (Å²) in [4.78, 5) is 20.1. The minimum absolute atomic E-state index is 0.169. The molecule has 0 radical (unpaired) electrons. The lowest BCUT2D eigenvalue weighted by molar-refractivity contribution is 0.107. The van der Waals surface area contributed by atoms with Crippen molar-refractivity contribution in [1.29, 1.82) is 0 Å². The number of ether oxygens (including phenoxy) is 3. The lowest BCUT2D eigenvalue weighted by Crippen LogP contribution is -2.43. The lowest BCUT2D eigenvalue weighted by atomic mass is 9.88. The van der Waals surface area contributed by atoms with Crippen LogP contribution in [0.5, 0.6) is 11.5 Å². The highest BCUT2D eigenvalue weighted by Gasteiger charge is 2.33. The van der Waals surface area contributed by atoms with Gasteiger partial charge in [-0.2, -0.15) is 0 Å². The fraction of sp³-hybridized carbons (Fsp3) is 0.483. The molecule has 5 rings (SSSR count). The molecule has 0 bridgehead atoms. The number of carbonyl (C=O) groups is 1. The number of fused-ring (bicyclic) bond motifs is 1. The van der Waals surface area contributed by atoms with Gasteiger partial charge in [0.15, 0.2) is 11.5 Å². The number of amides is 1. The van der Waals surface area contributed by atoms with Gasteiger partial charge in [-0.1, -0.05) is 6.07 Å². The van der Waals surface area contributed by atoms with Gasteiger partial charge in [-0.05, 0) is 93.6 Å². The second kappa shape index (κ2) is 10.4. The van der Waals surface area contributed by atoms with Crippen LogP contribution in [-0.4, -0.2) is 73.9 Å². The summed E-state index contributed by atoms with van der Waals surface area (Å²) < 4.78 is 16.1. The van der Waals surface area contributed by atoms with Crippen LogP contribution in [-0.2, 0) is 4.74 Å². The number of carbonyl (C=O) groups excluding carboxylic acids is 1. The third-order valence-corrected chi connectivity index (χ3v) is 7.96. The molecule has 36 heavy (non-hydrogen) atoms. The third-order valence-electron chi connectivity index (χ3n) is 7.96. The van der Waals surface area contributed by atoms with Gasteiger partial charge in [0, 0.05) is 41.3 Å². The molecule has 7 heteroatoms. The molecule has 3 aromatic rings. The predicted molar refractivity (Wildman–Crippen MR) is 142 cm³/mol. The molecule has 2 aliphatic rings. The number of nitrogens with one attached hydrogen (secondary N) is 1. The van der Waals surface area contributed by atoms with Crippen molar-refractivity contribution in [3.8, 4) is 22.8 Å². The van der Waals surface area contributed by atoms with Crippen LogP contribution in [0.15, 0.2) is 36.4 Å². The lowest BCUT2D eigenvalue weighted by Gasteiger charge is -2.36. The minimum Gasteiger partial charge on any atom is -0.493 e. The number of aromatic nitrogens is 1. The highest BCUT2D eigenvalue weighted by molar-refractivity contribution is 5.91. The fourth-order valence-electron chi connectivity index (χ4n) is 5.90. The Bertz CT molecular complexity index is 1230. The van der Waals surface area contributed by atoms with E-state index in [4.69, 9.17) is 14.2 Å². The standard InChI is InChI=1S/C29H37N3O4/c1-5-36-29(33)32-15-12-23(18-32)31-13-10-20(11-14-31)21-6-8-25-24(16-21)19(2)28(30-25)22-7-9-26(34-3)27(17-22)35-4/h6-9,16-17,20,23,30H,5,10-15,18H2,1-4H3. The highest BCUT2D eigenvalue weighted by Crippen LogP contribution is 2.38. The normalized spacial score (nSPS) is 19.1. The number of rotatable bonds is 6. The zero-order chi connectivity index (χ0) is 25.2. The number of hydrogen-bond acceptors (Lipinski definition) is 5. The number of likely N-dealkylation sites (tertiary alicyclic amines) is 2. The van der Waals surface area contributed by atoms with Crippen molar-refractivity contribution in [1.82, 2.24) is 14.8 Å². The van der Waals surface area contributed by atoms with Crippen LogP contribution in [0.2, 0.25) is 0 Å². The number of hydrogen-bond donors (Lipinski definition) is 1. The van der Waals surface area contributed by atoms with E-state index in [0.29, 0.717) is 18.6 Å². The van der Waals surface area contributed by atoms with Gasteiger partial charge in [-0.3, -0.25) is 4.90 Å². The van der Waals surface area contributed by atoms with Crippen LogP contribution in [0, 0.1) is 6.92 Å². The molecule has 2 aromatic carbocycles. The first-order chi connectivity index (χ1) is 17.5. The maximum absolute atomic E-state index is 12.1. The smallest absolute Gasteiger partial charge is 0.409 e. The van der Waals surface area contributed by atoms with Gasteiger partial charge < -0.3 is 24.1 Å². The van der Waals surface area contributed by atoms with Crippen LogP contribution >= 0.6 is 0 Å². The second-order valence-electron chi connectivity index (χ2n) is 9.90. The number of aromatic amines is 1. The number of piperidine rings is 1. The molecule has 0 spiro atoms. The van der Waals surface area contributed by atoms with Crippen molar-refractivity contribution in [2.24, 2.45) is 0 Å². The first kappa shape index (κ1) is 24.5. The van der Waals surface area contributed by atoms with E-state index in [9.17, 15) is 4.79 Å².